The summed E-state index contributed by atoms with van der Waals surface area (Å²) in [5.74, 6) is -0.810. The molecule has 0 aromatic carbocycles. The Morgan fingerprint density at radius 2 is 0.587 bits per heavy atom. The van der Waals surface area contributed by atoms with Gasteiger partial charge < -0.3 is 27.9 Å². The number of carbonyl (C=O) groups is 2. The molecule has 0 aliphatic carbocycles. The first-order valence-electron chi connectivity index (χ1n) is 40.3. The second-order valence-corrected chi connectivity index (χ2v) is 30.2. The summed E-state index contributed by atoms with van der Waals surface area (Å²) >= 11 is 0. The predicted molar refractivity (Wildman–Crippen MR) is 397 cm³/mol. The van der Waals surface area contributed by atoms with Crippen LogP contribution in [0.5, 0.6) is 0 Å². The maximum absolute atomic E-state index is 12.9. The van der Waals surface area contributed by atoms with Crippen LogP contribution in [0.1, 0.15) is 412 Å². The summed E-state index contributed by atoms with van der Waals surface area (Å²) in [6, 6.07) is 0. The minimum Gasteiger partial charge on any atom is -0.756 e. The van der Waals surface area contributed by atoms with Gasteiger partial charge in [-0.15, -0.1) is 0 Å². The number of esters is 2. The largest absolute Gasteiger partial charge is 0.756 e. The summed E-state index contributed by atoms with van der Waals surface area (Å²) in [6.45, 7) is 4.29. The first kappa shape index (κ1) is 90.0. The van der Waals surface area contributed by atoms with Crippen LogP contribution in [0.3, 0.4) is 0 Å². The third kappa shape index (κ3) is 77.0. The van der Waals surface area contributed by atoms with E-state index in [9.17, 15) is 19.0 Å². The zero-order chi connectivity index (χ0) is 66.9. The van der Waals surface area contributed by atoms with E-state index in [-0.39, 0.29) is 32.0 Å². The highest BCUT2D eigenvalue weighted by Gasteiger charge is 2.22. The van der Waals surface area contributed by atoms with Crippen LogP contribution < -0.4 is 4.89 Å². The molecule has 0 heterocycles. The molecule has 0 bridgehead atoms. The van der Waals surface area contributed by atoms with Gasteiger partial charge in [-0.3, -0.25) is 14.2 Å². The highest BCUT2D eigenvalue weighted by Crippen LogP contribution is 2.38. The third-order valence-electron chi connectivity index (χ3n) is 18.3. The van der Waals surface area contributed by atoms with Gasteiger partial charge in [-0.2, -0.15) is 0 Å². The molecule has 0 saturated carbocycles. The van der Waals surface area contributed by atoms with E-state index >= 15 is 0 Å². The quantitative estimate of drug-likeness (QED) is 0.0195. The lowest BCUT2D eigenvalue weighted by Crippen LogP contribution is -2.37. The first-order chi connectivity index (χ1) is 45.0. The number of hydrogen-bond donors (Lipinski definition) is 0. The first-order valence-corrected chi connectivity index (χ1v) is 41.8. The molecule has 92 heavy (non-hydrogen) atoms. The molecule has 0 rings (SSSR count). The lowest BCUT2D eigenvalue weighted by molar-refractivity contribution is -0.870. The molecule has 10 heteroatoms. The molecule has 0 N–H and O–H groups in total. The third-order valence-corrected chi connectivity index (χ3v) is 19.3. The standard InChI is InChI=1S/C82H156NO8P/c1-6-8-10-12-14-16-18-20-22-24-26-28-30-32-34-35-36-37-38-39-40-41-42-43-44-45-46-47-49-51-53-55-57-59-61-63-65-67-69-71-73-75-82(85)91-80(79-90-92(86,87)89-77-76-83(3,4)5)78-88-81(84)74-72-70-68-66-64-62-60-58-56-54-52-50-48-33-31-29-27-25-23-21-19-17-15-13-11-9-7-2/h18-21,24-27,80H,6-17,22-23,28-79H2,1-5H3/b20-18-,21-19-,26-24-,27-25-. The fourth-order valence-corrected chi connectivity index (χ4v) is 12.9. The molecule has 0 saturated heterocycles. The van der Waals surface area contributed by atoms with Crippen molar-refractivity contribution in [1.29, 1.82) is 0 Å². The predicted octanol–water partition coefficient (Wildman–Crippen LogP) is 26.1. The summed E-state index contributed by atoms with van der Waals surface area (Å²) < 4.78 is 34.4. The van der Waals surface area contributed by atoms with Gasteiger partial charge in [-0.1, -0.05) is 371 Å². The van der Waals surface area contributed by atoms with Crippen LogP contribution in [0.4, 0.5) is 0 Å². The Morgan fingerprint density at radius 1 is 0.337 bits per heavy atom. The number of nitrogens with zero attached hydrogens (tertiary/aromatic N) is 1. The van der Waals surface area contributed by atoms with Gasteiger partial charge in [-0.05, 0) is 77.0 Å². The van der Waals surface area contributed by atoms with Gasteiger partial charge in [0.1, 0.15) is 19.8 Å². The molecule has 9 nitrogen and oxygen atoms in total. The maximum Gasteiger partial charge on any atom is 0.306 e. The van der Waals surface area contributed by atoms with Crippen LogP contribution >= 0.6 is 7.82 Å². The van der Waals surface area contributed by atoms with Crippen LogP contribution in [0.2, 0.25) is 0 Å². The lowest BCUT2D eigenvalue weighted by Gasteiger charge is -2.28. The minimum absolute atomic E-state index is 0.0282. The maximum atomic E-state index is 12.9. The smallest absolute Gasteiger partial charge is 0.306 e. The number of rotatable bonds is 76. The summed E-state index contributed by atoms with van der Waals surface area (Å²) in [5, 5.41) is 0. The summed E-state index contributed by atoms with van der Waals surface area (Å²) in [5.41, 5.74) is 0. The minimum atomic E-state index is -4.64. The fraction of sp³-hybridized carbons (Fsp3) is 0.878. The van der Waals surface area contributed by atoms with Gasteiger partial charge in [0.25, 0.3) is 7.82 Å². The average Bonchev–Trinajstić information content (AvgIpc) is 2.23. The van der Waals surface area contributed by atoms with Gasteiger partial charge in [0.2, 0.25) is 0 Å². The van der Waals surface area contributed by atoms with Crippen molar-refractivity contribution in [3.63, 3.8) is 0 Å². The van der Waals surface area contributed by atoms with Gasteiger partial charge in [0.15, 0.2) is 6.10 Å². The van der Waals surface area contributed by atoms with Crippen LogP contribution in [-0.4, -0.2) is 70.0 Å². The topological polar surface area (TPSA) is 111 Å². The van der Waals surface area contributed by atoms with Gasteiger partial charge >= 0.3 is 11.9 Å². The Kier molecular flexibility index (Phi) is 71.6. The van der Waals surface area contributed by atoms with Crippen molar-refractivity contribution in [2.24, 2.45) is 0 Å². The molecule has 0 aliphatic heterocycles. The van der Waals surface area contributed by atoms with E-state index in [1.54, 1.807) is 0 Å². The summed E-state index contributed by atoms with van der Waals surface area (Å²) in [6.07, 6.45) is 96.7. The van der Waals surface area contributed by atoms with Crippen molar-refractivity contribution in [3.8, 4) is 0 Å². The normalized spacial score (nSPS) is 13.2. The Bertz CT molecular complexity index is 1690. The zero-order valence-electron chi connectivity index (χ0n) is 62.0. The number of phosphoric ester groups is 1. The van der Waals surface area contributed by atoms with Crippen molar-refractivity contribution >= 4 is 19.8 Å². The number of likely N-dealkylation sites (N-methyl/N-ethyl adjacent to an activating group) is 1. The molecule has 0 fully saturated rings. The molecule has 0 aliphatic rings. The van der Waals surface area contributed by atoms with Gasteiger partial charge in [0.05, 0.1) is 27.7 Å². The van der Waals surface area contributed by atoms with E-state index < -0.39 is 26.5 Å². The van der Waals surface area contributed by atoms with Crippen molar-refractivity contribution < 1.29 is 42.1 Å². The van der Waals surface area contributed by atoms with E-state index in [2.05, 4.69) is 62.5 Å². The molecular formula is C82H156NO8P. The summed E-state index contributed by atoms with van der Waals surface area (Å²) in [4.78, 5) is 38.2. The second kappa shape index (κ2) is 73.2. The van der Waals surface area contributed by atoms with Crippen LogP contribution in [0.25, 0.3) is 0 Å². The van der Waals surface area contributed by atoms with Gasteiger partial charge in [-0.25, -0.2) is 0 Å². The van der Waals surface area contributed by atoms with E-state index in [1.165, 1.54) is 334 Å². The molecule has 542 valence electrons. The van der Waals surface area contributed by atoms with Crippen molar-refractivity contribution in [2.45, 2.75) is 418 Å². The van der Waals surface area contributed by atoms with Crippen molar-refractivity contribution in [3.05, 3.63) is 48.6 Å². The lowest BCUT2D eigenvalue weighted by atomic mass is 10.0. The summed E-state index contributed by atoms with van der Waals surface area (Å²) in [7, 11) is 1.19. The Balaban J connectivity index is 3.88. The number of allylic oxidation sites excluding steroid dienone is 8. The van der Waals surface area contributed by atoms with Gasteiger partial charge in [0, 0.05) is 12.8 Å². The zero-order valence-corrected chi connectivity index (χ0v) is 62.9. The Morgan fingerprint density at radius 3 is 0.859 bits per heavy atom. The molecule has 0 aromatic heterocycles. The number of ether oxygens (including phenoxy) is 2. The monoisotopic (exact) mass is 1310 g/mol. The molecule has 2 unspecified atom stereocenters. The number of carbonyl (C=O) groups excluding carboxylic acids is 2. The van der Waals surface area contributed by atoms with E-state index in [0.717, 1.165) is 44.9 Å². The van der Waals surface area contributed by atoms with Crippen LogP contribution in [0.15, 0.2) is 48.6 Å². The number of phosphoric acid groups is 1. The molecule has 0 aromatic rings. The number of unbranched alkanes of at least 4 members (excludes halogenated alkanes) is 54. The highest BCUT2D eigenvalue weighted by atomic mass is 31.2. The van der Waals surface area contributed by atoms with Crippen LogP contribution in [-0.2, 0) is 32.7 Å². The second-order valence-electron chi connectivity index (χ2n) is 28.8. The SMILES string of the molecule is CCCCCCC/C=C\C/C=C\CCCCCCCCCCCCCCCCCCCCCCCCCCCCCCCC(=O)OC(COC(=O)CCCCCCCCCCCCCCCCC/C=C\C/C=C\CCCCCCC)COP(=O)([O-])OCC[N+](C)(C)C. The highest BCUT2D eigenvalue weighted by molar-refractivity contribution is 7.45. The molecule has 2 atom stereocenters. The average molecular weight is 1320 g/mol. The fourth-order valence-electron chi connectivity index (χ4n) is 12.1. The van der Waals surface area contributed by atoms with E-state index in [1.807, 2.05) is 21.1 Å². The van der Waals surface area contributed by atoms with Crippen molar-refractivity contribution in [1.82, 2.24) is 0 Å². The number of hydrogen-bond acceptors (Lipinski definition) is 8. The molecular weight excluding hydrogens is 1160 g/mol. The Labute approximate surface area is 573 Å². The molecule has 0 amide bonds. The van der Waals surface area contributed by atoms with E-state index in [0.29, 0.717) is 17.4 Å². The van der Waals surface area contributed by atoms with Crippen LogP contribution in [0, 0.1) is 0 Å². The number of quaternary nitrogens is 1. The Hall–Kier alpha value is -2.03. The van der Waals surface area contributed by atoms with Crippen molar-refractivity contribution in [2.75, 3.05) is 47.5 Å². The molecule has 0 spiro atoms. The molecule has 0 radical (unpaired) electrons. The van der Waals surface area contributed by atoms with E-state index in [4.69, 9.17) is 18.5 Å².